The second kappa shape index (κ2) is 8.86. The van der Waals surface area contributed by atoms with Gasteiger partial charge in [0.1, 0.15) is 12.4 Å². The van der Waals surface area contributed by atoms with Crippen LogP contribution in [-0.2, 0) is 6.61 Å². The lowest BCUT2D eigenvalue weighted by Crippen LogP contribution is -2.28. The fraction of sp³-hybridized carbons (Fsp3) is 0.174. The summed E-state index contributed by atoms with van der Waals surface area (Å²) in [5.74, 6) is 0.980. The first kappa shape index (κ1) is 17.7. The summed E-state index contributed by atoms with van der Waals surface area (Å²) in [5, 5.41) is 3.04. The molecule has 0 radical (unpaired) electrons. The minimum absolute atomic E-state index is 0.0694. The third-order valence-corrected chi connectivity index (χ3v) is 4.34. The van der Waals surface area contributed by atoms with Gasteiger partial charge in [-0.1, -0.05) is 73.7 Å². The Balaban J connectivity index is 1.62. The lowest BCUT2D eigenvalue weighted by molar-refractivity contribution is 0.0949. The van der Waals surface area contributed by atoms with E-state index in [-0.39, 0.29) is 11.8 Å². The minimum atomic E-state index is -0.0694. The number of para-hydroxylation sites is 1. The fourth-order valence-electron chi connectivity index (χ4n) is 2.79. The number of hydrogen-bond acceptors (Lipinski definition) is 2. The van der Waals surface area contributed by atoms with Crippen LogP contribution in [0.3, 0.4) is 0 Å². The average Bonchev–Trinajstić information content (AvgIpc) is 2.72. The van der Waals surface area contributed by atoms with Gasteiger partial charge in [-0.3, -0.25) is 4.79 Å². The highest BCUT2D eigenvalue weighted by Crippen LogP contribution is 2.16. The molecule has 0 heterocycles. The molecule has 3 heteroatoms. The zero-order valence-electron chi connectivity index (χ0n) is 14.9. The Kier molecular flexibility index (Phi) is 6.05. The first-order valence-corrected chi connectivity index (χ1v) is 8.83. The summed E-state index contributed by atoms with van der Waals surface area (Å²) in [5.41, 5.74) is 2.75. The standard InChI is InChI=1S/C23H23NO2/c1-18(19-10-4-2-5-11-19)16-24-23(25)22-15-9-8-12-20(22)17-26-21-13-6-3-7-14-21/h2-15,18H,16-17H2,1H3,(H,24,25). The van der Waals surface area contributed by atoms with Gasteiger partial charge >= 0.3 is 0 Å². The third-order valence-electron chi connectivity index (χ3n) is 4.34. The number of nitrogens with one attached hydrogen (secondary N) is 1. The second-order valence-corrected chi connectivity index (χ2v) is 6.28. The second-order valence-electron chi connectivity index (χ2n) is 6.28. The highest BCUT2D eigenvalue weighted by molar-refractivity contribution is 5.95. The van der Waals surface area contributed by atoms with E-state index in [0.717, 1.165) is 11.3 Å². The van der Waals surface area contributed by atoms with Crippen LogP contribution in [0.25, 0.3) is 0 Å². The Labute approximate surface area is 154 Å². The zero-order chi connectivity index (χ0) is 18.2. The smallest absolute Gasteiger partial charge is 0.251 e. The topological polar surface area (TPSA) is 38.3 Å². The van der Waals surface area contributed by atoms with E-state index in [4.69, 9.17) is 4.74 Å². The summed E-state index contributed by atoms with van der Waals surface area (Å²) in [6, 6.07) is 27.4. The highest BCUT2D eigenvalue weighted by atomic mass is 16.5. The molecule has 3 aromatic rings. The van der Waals surface area contributed by atoms with Crippen LogP contribution in [0, 0.1) is 0 Å². The van der Waals surface area contributed by atoms with Crippen molar-refractivity contribution in [3.8, 4) is 5.75 Å². The van der Waals surface area contributed by atoms with Crippen molar-refractivity contribution in [1.82, 2.24) is 5.32 Å². The Hall–Kier alpha value is -3.07. The lowest BCUT2D eigenvalue weighted by Gasteiger charge is -2.15. The number of rotatable bonds is 7. The summed E-state index contributed by atoms with van der Waals surface area (Å²) >= 11 is 0. The average molecular weight is 345 g/mol. The van der Waals surface area contributed by atoms with Crippen molar-refractivity contribution in [2.24, 2.45) is 0 Å². The molecule has 26 heavy (non-hydrogen) atoms. The van der Waals surface area contributed by atoms with Crippen LogP contribution in [0.5, 0.6) is 5.75 Å². The summed E-state index contributed by atoms with van der Waals surface area (Å²) in [6.07, 6.45) is 0. The Bertz CT molecular complexity index is 831. The van der Waals surface area contributed by atoms with Crippen LogP contribution in [-0.4, -0.2) is 12.5 Å². The van der Waals surface area contributed by atoms with Crippen LogP contribution < -0.4 is 10.1 Å². The van der Waals surface area contributed by atoms with Crippen molar-refractivity contribution in [3.63, 3.8) is 0 Å². The molecule has 132 valence electrons. The molecule has 1 unspecified atom stereocenters. The van der Waals surface area contributed by atoms with Gasteiger partial charge in [-0.15, -0.1) is 0 Å². The monoisotopic (exact) mass is 345 g/mol. The maximum Gasteiger partial charge on any atom is 0.251 e. The molecule has 0 bridgehead atoms. The molecule has 0 spiro atoms. The van der Waals surface area contributed by atoms with Gasteiger partial charge in [-0.05, 0) is 29.7 Å². The third kappa shape index (κ3) is 4.73. The molecule has 3 nitrogen and oxygen atoms in total. The van der Waals surface area contributed by atoms with Gasteiger partial charge < -0.3 is 10.1 Å². The van der Waals surface area contributed by atoms with Crippen molar-refractivity contribution >= 4 is 5.91 Å². The van der Waals surface area contributed by atoms with Crippen LogP contribution in [0.15, 0.2) is 84.9 Å². The van der Waals surface area contributed by atoms with Crippen molar-refractivity contribution in [2.45, 2.75) is 19.4 Å². The number of amides is 1. The molecule has 0 aliphatic carbocycles. The maximum atomic E-state index is 12.6. The van der Waals surface area contributed by atoms with E-state index >= 15 is 0 Å². The molecule has 1 amide bonds. The zero-order valence-corrected chi connectivity index (χ0v) is 14.9. The molecule has 0 fully saturated rings. The largest absolute Gasteiger partial charge is 0.489 e. The van der Waals surface area contributed by atoms with Crippen molar-refractivity contribution in [3.05, 3.63) is 102 Å². The normalized spacial score (nSPS) is 11.6. The highest BCUT2D eigenvalue weighted by Gasteiger charge is 2.13. The van der Waals surface area contributed by atoms with Gasteiger partial charge in [0.25, 0.3) is 5.91 Å². The van der Waals surface area contributed by atoms with Gasteiger partial charge in [-0.2, -0.15) is 0 Å². The number of hydrogen-bond donors (Lipinski definition) is 1. The van der Waals surface area contributed by atoms with E-state index in [9.17, 15) is 4.79 Å². The SMILES string of the molecule is CC(CNC(=O)c1ccccc1COc1ccccc1)c1ccccc1. The molecule has 3 aromatic carbocycles. The van der Waals surface area contributed by atoms with E-state index < -0.39 is 0 Å². The van der Waals surface area contributed by atoms with E-state index in [1.165, 1.54) is 5.56 Å². The molecule has 0 saturated heterocycles. The van der Waals surface area contributed by atoms with Crippen LogP contribution in [0.2, 0.25) is 0 Å². The van der Waals surface area contributed by atoms with Crippen molar-refractivity contribution < 1.29 is 9.53 Å². The van der Waals surface area contributed by atoms with Gasteiger partial charge in [0, 0.05) is 17.7 Å². The summed E-state index contributed by atoms with van der Waals surface area (Å²) in [4.78, 5) is 12.6. The predicted octanol–water partition coefficient (Wildman–Crippen LogP) is 4.80. The first-order valence-electron chi connectivity index (χ1n) is 8.83. The summed E-state index contributed by atoms with van der Waals surface area (Å²) < 4.78 is 5.80. The number of ether oxygens (including phenoxy) is 1. The molecule has 0 aliphatic rings. The minimum Gasteiger partial charge on any atom is -0.489 e. The quantitative estimate of drug-likeness (QED) is 0.668. The van der Waals surface area contributed by atoms with Crippen molar-refractivity contribution in [1.29, 1.82) is 0 Å². The molecular weight excluding hydrogens is 322 g/mol. The molecule has 0 aromatic heterocycles. The number of benzene rings is 3. The van der Waals surface area contributed by atoms with Crippen LogP contribution in [0.1, 0.15) is 34.3 Å². The van der Waals surface area contributed by atoms with E-state index in [1.807, 2.05) is 72.8 Å². The lowest BCUT2D eigenvalue weighted by atomic mass is 10.0. The molecule has 0 saturated carbocycles. The van der Waals surface area contributed by atoms with Crippen LogP contribution >= 0.6 is 0 Å². The number of carbonyl (C=O) groups is 1. The summed E-state index contributed by atoms with van der Waals surface area (Å²) in [6.45, 7) is 3.07. The first-order chi connectivity index (χ1) is 12.7. The maximum absolute atomic E-state index is 12.6. The molecular formula is C23H23NO2. The Morgan fingerprint density at radius 3 is 2.23 bits per heavy atom. The Morgan fingerprint density at radius 2 is 1.50 bits per heavy atom. The van der Waals surface area contributed by atoms with Gasteiger partial charge in [0.15, 0.2) is 0 Å². The fourth-order valence-corrected chi connectivity index (χ4v) is 2.79. The number of carbonyl (C=O) groups excluding carboxylic acids is 1. The predicted molar refractivity (Wildman–Crippen MR) is 104 cm³/mol. The van der Waals surface area contributed by atoms with E-state index in [0.29, 0.717) is 18.7 Å². The van der Waals surface area contributed by atoms with E-state index in [2.05, 4.69) is 24.4 Å². The molecule has 1 N–H and O–H groups in total. The molecule has 0 aliphatic heterocycles. The van der Waals surface area contributed by atoms with Crippen molar-refractivity contribution in [2.75, 3.05) is 6.54 Å². The Morgan fingerprint density at radius 1 is 0.885 bits per heavy atom. The van der Waals surface area contributed by atoms with Gasteiger partial charge in [-0.25, -0.2) is 0 Å². The molecule has 1 atom stereocenters. The van der Waals surface area contributed by atoms with Gasteiger partial charge in [0.2, 0.25) is 0 Å². The van der Waals surface area contributed by atoms with E-state index in [1.54, 1.807) is 0 Å². The van der Waals surface area contributed by atoms with Crippen LogP contribution in [0.4, 0.5) is 0 Å². The summed E-state index contributed by atoms with van der Waals surface area (Å²) in [7, 11) is 0. The van der Waals surface area contributed by atoms with Gasteiger partial charge in [0.05, 0.1) is 0 Å². The molecule has 3 rings (SSSR count).